The van der Waals surface area contributed by atoms with Crippen molar-refractivity contribution in [2.45, 2.75) is 38.1 Å². The van der Waals surface area contributed by atoms with Gasteiger partial charge in [-0.1, -0.05) is 66.2 Å². The Labute approximate surface area is 224 Å². The quantitative estimate of drug-likeness (QED) is 0.389. The van der Waals surface area contributed by atoms with Gasteiger partial charge in [-0.15, -0.1) is 0 Å². The van der Waals surface area contributed by atoms with Gasteiger partial charge in [0.05, 0.1) is 10.6 Å². The van der Waals surface area contributed by atoms with Gasteiger partial charge in [-0.3, -0.25) is 13.9 Å². The molecule has 1 N–H and O–H groups in total. The second kappa shape index (κ2) is 12.7. The van der Waals surface area contributed by atoms with Crippen LogP contribution in [0.5, 0.6) is 0 Å². The van der Waals surface area contributed by atoms with Crippen molar-refractivity contribution in [3.05, 3.63) is 95.0 Å². The molecule has 0 unspecified atom stereocenters. The minimum atomic E-state index is -4.12. The predicted molar refractivity (Wildman–Crippen MR) is 147 cm³/mol. The maximum atomic E-state index is 13.8. The highest BCUT2D eigenvalue weighted by Gasteiger charge is 2.33. The lowest BCUT2D eigenvalue weighted by atomic mass is 10.1. The highest BCUT2D eigenvalue weighted by Crippen LogP contribution is 2.31. The zero-order valence-corrected chi connectivity index (χ0v) is 22.8. The molecule has 3 aromatic rings. The molecule has 0 aromatic heterocycles. The van der Waals surface area contributed by atoms with Gasteiger partial charge < -0.3 is 10.2 Å². The van der Waals surface area contributed by atoms with Crippen molar-refractivity contribution >= 4 is 39.1 Å². The first-order valence-electron chi connectivity index (χ1n) is 12.1. The first-order valence-corrected chi connectivity index (χ1v) is 13.9. The lowest BCUT2D eigenvalue weighted by Gasteiger charge is -2.32. The molecule has 0 aliphatic carbocycles. The number of nitrogens with one attached hydrogen (secondary N) is 1. The number of carbonyl (C=O) groups excluding carboxylic acids is 2. The molecule has 3 rings (SSSR count). The molecule has 0 saturated heterocycles. The van der Waals surface area contributed by atoms with Gasteiger partial charge >= 0.3 is 0 Å². The molecule has 0 aliphatic heterocycles. The Morgan fingerprint density at radius 2 is 1.57 bits per heavy atom. The average Bonchev–Trinajstić information content (AvgIpc) is 2.90. The predicted octanol–water partition coefficient (Wildman–Crippen LogP) is 4.44. The molecule has 0 radical (unpaired) electrons. The molecular weight excluding hydrogens is 510 g/mol. The zero-order valence-electron chi connectivity index (χ0n) is 21.2. The molecule has 1 atom stereocenters. The lowest BCUT2D eigenvalue weighted by Crippen LogP contribution is -2.52. The monoisotopic (exact) mass is 541 g/mol. The molecule has 3 aromatic carbocycles. The summed E-state index contributed by atoms with van der Waals surface area (Å²) >= 11 is 6.33. The first kappa shape index (κ1) is 28.2. The Morgan fingerprint density at radius 1 is 0.946 bits per heavy atom. The fraction of sp³-hybridized carbons (Fsp3) is 0.286. The third-order valence-corrected chi connectivity index (χ3v) is 8.30. The summed E-state index contributed by atoms with van der Waals surface area (Å²) in [5.74, 6) is -0.797. The van der Waals surface area contributed by atoms with Crippen LogP contribution in [0.2, 0.25) is 5.02 Å². The van der Waals surface area contributed by atoms with Crippen LogP contribution in [0.15, 0.2) is 83.8 Å². The maximum absolute atomic E-state index is 13.8. The Bertz CT molecular complexity index is 1320. The van der Waals surface area contributed by atoms with E-state index in [9.17, 15) is 18.0 Å². The summed E-state index contributed by atoms with van der Waals surface area (Å²) in [5, 5.41) is 3.14. The summed E-state index contributed by atoms with van der Waals surface area (Å²) in [4.78, 5) is 28.0. The Balaban J connectivity index is 2.00. The smallest absolute Gasteiger partial charge is 0.264 e. The van der Waals surface area contributed by atoms with Crippen molar-refractivity contribution < 1.29 is 18.0 Å². The fourth-order valence-electron chi connectivity index (χ4n) is 3.99. The molecule has 0 bridgehead atoms. The Kier molecular flexibility index (Phi) is 9.72. The molecule has 37 heavy (non-hydrogen) atoms. The van der Waals surface area contributed by atoms with Gasteiger partial charge in [-0.05, 0) is 62.6 Å². The van der Waals surface area contributed by atoms with Gasteiger partial charge in [-0.25, -0.2) is 8.42 Å². The summed E-state index contributed by atoms with van der Waals surface area (Å²) in [6.45, 7) is 5.33. The average molecular weight is 542 g/mol. The van der Waals surface area contributed by atoms with Gasteiger partial charge in [0.15, 0.2) is 0 Å². The summed E-state index contributed by atoms with van der Waals surface area (Å²) in [7, 11) is -4.12. The summed E-state index contributed by atoms with van der Waals surface area (Å²) in [5.41, 5.74) is 1.84. The van der Waals surface area contributed by atoms with E-state index in [1.54, 1.807) is 57.2 Å². The number of rotatable bonds is 11. The minimum Gasteiger partial charge on any atom is -0.355 e. The molecule has 0 saturated carbocycles. The van der Waals surface area contributed by atoms with Crippen LogP contribution in [-0.2, 0) is 26.0 Å². The highest BCUT2D eigenvalue weighted by molar-refractivity contribution is 7.92. The third-order valence-electron chi connectivity index (χ3n) is 6.12. The SMILES string of the molecule is CCNC(=O)[C@H](C)N(CCc1ccccc1)C(=O)CN(c1cccc(Cl)c1C)S(=O)(=O)c1ccccc1. The van der Waals surface area contributed by atoms with Gasteiger partial charge in [0.2, 0.25) is 11.8 Å². The van der Waals surface area contributed by atoms with Crippen molar-refractivity contribution in [3.8, 4) is 0 Å². The first-order chi connectivity index (χ1) is 17.7. The van der Waals surface area contributed by atoms with Crippen molar-refractivity contribution in [2.75, 3.05) is 23.9 Å². The topological polar surface area (TPSA) is 86.8 Å². The number of amides is 2. The number of halogens is 1. The van der Waals surface area contributed by atoms with Crippen LogP contribution in [0.1, 0.15) is 25.0 Å². The third kappa shape index (κ3) is 6.90. The van der Waals surface area contributed by atoms with E-state index in [0.717, 1.165) is 9.87 Å². The van der Waals surface area contributed by atoms with Crippen LogP contribution in [-0.4, -0.2) is 50.8 Å². The van der Waals surface area contributed by atoms with Gasteiger partial charge in [0, 0.05) is 18.1 Å². The summed E-state index contributed by atoms with van der Waals surface area (Å²) < 4.78 is 28.6. The minimum absolute atomic E-state index is 0.0507. The van der Waals surface area contributed by atoms with Crippen LogP contribution in [0.3, 0.4) is 0 Å². The molecule has 9 heteroatoms. The lowest BCUT2D eigenvalue weighted by molar-refractivity contribution is -0.138. The normalized spacial score (nSPS) is 12.0. The largest absolute Gasteiger partial charge is 0.355 e. The van der Waals surface area contributed by atoms with E-state index < -0.39 is 28.5 Å². The van der Waals surface area contributed by atoms with Crippen molar-refractivity contribution in [1.29, 1.82) is 0 Å². The van der Waals surface area contributed by atoms with E-state index in [2.05, 4.69) is 5.32 Å². The molecule has 196 valence electrons. The number of likely N-dealkylation sites (N-methyl/N-ethyl adjacent to an activating group) is 1. The fourth-order valence-corrected chi connectivity index (χ4v) is 5.65. The molecule has 0 fully saturated rings. The molecule has 0 spiro atoms. The summed E-state index contributed by atoms with van der Waals surface area (Å²) in [6, 6.07) is 21.7. The Morgan fingerprint density at radius 3 is 2.19 bits per heavy atom. The number of benzene rings is 3. The molecule has 0 aliphatic rings. The van der Waals surface area contributed by atoms with Crippen molar-refractivity contribution in [3.63, 3.8) is 0 Å². The van der Waals surface area contributed by atoms with Crippen LogP contribution < -0.4 is 9.62 Å². The van der Waals surface area contributed by atoms with E-state index in [0.29, 0.717) is 29.2 Å². The molecular formula is C28H32ClN3O4S. The maximum Gasteiger partial charge on any atom is 0.264 e. The second-order valence-corrected chi connectivity index (χ2v) is 10.9. The van der Waals surface area contributed by atoms with Crippen LogP contribution in [0.25, 0.3) is 0 Å². The van der Waals surface area contributed by atoms with E-state index >= 15 is 0 Å². The number of nitrogens with zero attached hydrogens (tertiary/aromatic N) is 2. The second-order valence-electron chi connectivity index (χ2n) is 8.60. The van der Waals surface area contributed by atoms with Crippen LogP contribution >= 0.6 is 11.6 Å². The van der Waals surface area contributed by atoms with E-state index in [1.807, 2.05) is 30.3 Å². The number of hydrogen-bond acceptors (Lipinski definition) is 4. The van der Waals surface area contributed by atoms with E-state index in [1.165, 1.54) is 17.0 Å². The standard InChI is InChI=1S/C28H32ClN3O4S/c1-4-30-28(34)22(3)31(19-18-23-12-7-5-8-13-23)27(33)20-32(26-17-11-16-25(29)21(26)2)37(35,36)24-14-9-6-10-15-24/h5-17,22H,4,18-20H2,1-3H3,(H,30,34)/t22-/m0/s1. The van der Waals surface area contributed by atoms with E-state index in [-0.39, 0.29) is 17.3 Å². The van der Waals surface area contributed by atoms with Gasteiger partial charge in [0.1, 0.15) is 12.6 Å². The van der Waals surface area contributed by atoms with Gasteiger partial charge in [0.25, 0.3) is 10.0 Å². The van der Waals surface area contributed by atoms with Crippen molar-refractivity contribution in [2.24, 2.45) is 0 Å². The number of carbonyl (C=O) groups is 2. The zero-order chi connectivity index (χ0) is 27.0. The van der Waals surface area contributed by atoms with Crippen LogP contribution in [0, 0.1) is 6.92 Å². The van der Waals surface area contributed by atoms with Crippen molar-refractivity contribution in [1.82, 2.24) is 10.2 Å². The van der Waals surface area contributed by atoms with Gasteiger partial charge in [-0.2, -0.15) is 0 Å². The molecule has 7 nitrogen and oxygen atoms in total. The Hall–Kier alpha value is -3.36. The number of hydrogen-bond donors (Lipinski definition) is 1. The molecule has 2 amide bonds. The number of sulfonamides is 1. The van der Waals surface area contributed by atoms with E-state index in [4.69, 9.17) is 11.6 Å². The summed E-state index contributed by atoms with van der Waals surface area (Å²) in [6.07, 6.45) is 0.512. The highest BCUT2D eigenvalue weighted by atomic mass is 35.5. The molecule has 0 heterocycles. The number of anilines is 1. The van der Waals surface area contributed by atoms with Crippen LogP contribution in [0.4, 0.5) is 5.69 Å².